The summed E-state index contributed by atoms with van der Waals surface area (Å²) in [5.74, 6) is -1.18. The first-order chi connectivity index (χ1) is 16.7. The molecule has 2 aromatic rings. The molecule has 4 N–H and O–H groups in total. The molecule has 11 nitrogen and oxygen atoms in total. The molecule has 0 saturated carbocycles. The average molecular weight is 499 g/mol. The van der Waals surface area contributed by atoms with Gasteiger partial charge in [0.1, 0.15) is 35.5 Å². The maximum absolute atomic E-state index is 12.9. The van der Waals surface area contributed by atoms with Gasteiger partial charge in [0, 0.05) is 17.9 Å². The number of fused-ring (bicyclic) bond motifs is 1. The minimum Gasteiger partial charge on any atom is -0.508 e. The van der Waals surface area contributed by atoms with E-state index in [1.807, 2.05) is 0 Å². The Labute approximate surface area is 204 Å². The number of hydrogen-bond acceptors (Lipinski definition) is 9. The Hall–Kier alpha value is -3.90. The topological polar surface area (TPSA) is 165 Å². The number of phenols is 1. The molecule has 2 aromatic carbocycles. The van der Waals surface area contributed by atoms with Gasteiger partial charge in [0.2, 0.25) is 5.91 Å². The van der Waals surface area contributed by atoms with Crippen molar-refractivity contribution in [2.45, 2.75) is 31.0 Å². The first-order valence-electron chi connectivity index (χ1n) is 10.6. The van der Waals surface area contributed by atoms with E-state index in [9.17, 15) is 29.6 Å². The molecule has 12 heteroatoms. The molecule has 2 amide bonds. The van der Waals surface area contributed by atoms with E-state index in [4.69, 9.17) is 10.5 Å². The van der Waals surface area contributed by atoms with Crippen molar-refractivity contribution in [3.8, 4) is 5.75 Å². The number of phenolic OH excluding ortho intramolecular Hbond substituents is 1. The van der Waals surface area contributed by atoms with Crippen molar-refractivity contribution in [2.75, 3.05) is 5.75 Å². The highest BCUT2D eigenvalue weighted by molar-refractivity contribution is 8.00. The monoisotopic (exact) mass is 498 g/mol. The number of aromatic hydroxyl groups is 1. The Morgan fingerprint density at radius 3 is 2.54 bits per heavy atom. The van der Waals surface area contributed by atoms with Crippen LogP contribution in [0.2, 0.25) is 0 Å². The standard InChI is InChI=1S/C23H22N4O7S/c1-12-11-35-22-18(25-20(29)17(24)14-4-8-16(28)9-5-14)21(30)26(22)19(12)23(31)34-10-13-2-6-15(7-3-13)27(32)33/h2-9,17-18,22,28H,10-11,24H2,1H3,(H,25,29)/t17-,18?,22-/m1/s1. The van der Waals surface area contributed by atoms with Gasteiger partial charge in [-0.1, -0.05) is 12.1 Å². The van der Waals surface area contributed by atoms with Crippen molar-refractivity contribution in [3.63, 3.8) is 0 Å². The third kappa shape index (κ3) is 4.84. The van der Waals surface area contributed by atoms with Gasteiger partial charge in [0.25, 0.3) is 11.6 Å². The van der Waals surface area contributed by atoms with Crippen LogP contribution in [-0.2, 0) is 25.7 Å². The number of carbonyl (C=O) groups excluding carboxylic acids is 3. The van der Waals surface area contributed by atoms with Crippen molar-refractivity contribution >= 4 is 35.2 Å². The maximum Gasteiger partial charge on any atom is 0.355 e. The van der Waals surface area contributed by atoms with Gasteiger partial charge in [-0.15, -0.1) is 11.8 Å². The summed E-state index contributed by atoms with van der Waals surface area (Å²) in [5.41, 5.74) is 7.77. The number of esters is 1. The molecule has 1 unspecified atom stereocenters. The fourth-order valence-electron chi connectivity index (χ4n) is 3.77. The lowest BCUT2D eigenvalue weighted by molar-refractivity contribution is -0.384. The number of β-lactam (4-membered cyclic amide) rings is 1. The zero-order chi connectivity index (χ0) is 25.3. The molecule has 2 heterocycles. The number of thioether (sulfide) groups is 1. The van der Waals surface area contributed by atoms with Gasteiger partial charge in [-0.3, -0.25) is 24.6 Å². The van der Waals surface area contributed by atoms with Crippen LogP contribution in [0.5, 0.6) is 5.75 Å². The van der Waals surface area contributed by atoms with Gasteiger partial charge in [-0.2, -0.15) is 0 Å². The van der Waals surface area contributed by atoms with E-state index < -0.39 is 40.2 Å². The zero-order valence-electron chi connectivity index (χ0n) is 18.5. The van der Waals surface area contributed by atoms with Crippen LogP contribution in [0, 0.1) is 10.1 Å². The smallest absolute Gasteiger partial charge is 0.355 e. The van der Waals surface area contributed by atoms with Crippen LogP contribution < -0.4 is 11.1 Å². The van der Waals surface area contributed by atoms with Crippen LogP contribution in [0.3, 0.4) is 0 Å². The van der Waals surface area contributed by atoms with Crippen molar-refractivity contribution in [1.82, 2.24) is 10.2 Å². The van der Waals surface area contributed by atoms with Crippen molar-refractivity contribution in [1.29, 1.82) is 0 Å². The second-order valence-corrected chi connectivity index (χ2v) is 9.20. The van der Waals surface area contributed by atoms with Crippen LogP contribution in [0.25, 0.3) is 0 Å². The number of nitrogens with one attached hydrogen (secondary N) is 1. The maximum atomic E-state index is 12.9. The second-order valence-electron chi connectivity index (χ2n) is 8.09. The number of non-ortho nitro benzene ring substituents is 1. The predicted octanol–water partition coefficient (Wildman–Crippen LogP) is 1.72. The number of rotatable bonds is 7. The number of carbonyl (C=O) groups is 3. The average Bonchev–Trinajstić information content (AvgIpc) is 2.85. The third-order valence-corrected chi connectivity index (χ3v) is 7.13. The van der Waals surface area contributed by atoms with E-state index in [1.165, 1.54) is 65.2 Å². The molecule has 182 valence electrons. The minimum atomic E-state index is -1.03. The van der Waals surface area contributed by atoms with Crippen molar-refractivity contribution < 1.29 is 29.2 Å². The van der Waals surface area contributed by atoms with Crippen molar-refractivity contribution in [3.05, 3.63) is 81.0 Å². The van der Waals surface area contributed by atoms with E-state index >= 15 is 0 Å². The van der Waals surface area contributed by atoms with Crippen LogP contribution in [0.4, 0.5) is 5.69 Å². The van der Waals surface area contributed by atoms with Crippen LogP contribution in [-0.4, -0.2) is 49.9 Å². The quantitative estimate of drug-likeness (QED) is 0.223. The fourth-order valence-corrected chi connectivity index (χ4v) is 5.06. The zero-order valence-corrected chi connectivity index (χ0v) is 19.4. The highest BCUT2D eigenvalue weighted by Crippen LogP contribution is 2.40. The summed E-state index contributed by atoms with van der Waals surface area (Å²) < 4.78 is 5.36. The van der Waals surface area contributed by atoms with Gasteiger partial charge in [0.05, 0.1) is 4.92 Å². The largest absolute Gasteiger partial charge is 0.508 e. The molecular formula is C23H22N4O7S. The summed E-state index contributed by atoms with van der Waals surface area (Å²) in [6.07, 6.45) is 0. The van der Waals surface area contributed by atoms with Gasteiger partial charge in [-0.25, -0.2) is 4.79 Å². The summed E-state index contributed by atoms with van der Waals surface area (Å²) in [7, 11) is 0. The Morgan fingerprint density at radius 2 is 1.91 bits per heavy atom. The summed E-state index contributed by atoms with van der Waals surface area (Å²) in [4.78, 5) is 49.9. The Balaban J connectivity index is 1.39. The molecule has 0 aliphatic carbocycles. The SMILES string of the molecule is CC1=C(C(=O)OCc2ccc([N+](=O)[O-])cc2)N2C(=O)C(NC(=O)[C@H](N)c3ccc(O)cc3)[C@H]2SC1. The molecule has 0 spiro atoms. The molecular weight excluding hydrogens is 476 g/mol. The van der Waals surface area contributed by atoms with E-state index in [0.717, 1.165) is 0 Å². The van der Waals surface area contributed by atoms with E-state index in [1.54, 1.807) is 6.92 Å². The Kier molecular flexibility index (Phi) is 6.76. The van der Waals surface area contributed by atoms with Crippen LogP contribution in [0.15, 0.2) is 59.8 Å². The Morgan fingerprint density at radius 1 is 1.26 bits per heavy atom. The van der Waals surface area contributed by atoms with E-state index in [2.05, 4.69) is 5.32 Å². The molecule has 4 rings (SSSR count). The highest BCUT2D eigenvalue weighted by Gasteiger charge is 2.54. The number of benzene rings is 2. The molecule has 3 atom stereocenters. The molecule has 0 radical (unpaired) electrons. The number of nitro groups is 1. The summed E-state index contributed by atoms with van der Waals surface area (Å²) >= 11 is 1.41. The van der Waals surface area contributed by atoms with Gasteiger partial charge in [-0.05, 0) is 47.9 Å². The number of nitrogens with zero attached hydrogens (tertiary/aromatic N) is 2. The van der Waals surface area contributed by atoms with Gasteiger partial charge >= 0.3 is 5.97 Å². The van der Waals surface area contributed by atoms with Crippen LogP contribution >= 0.6 is 11.8 Å². The molecule has 1 fully saturated rings. The summed E-state index contributed by atoms with van der Waals surface area (Å²) in [6.45, 7) is 1.61. The lowest BCUT2D eigenvalue weighted by Gasteiger charge is -2.49. The minimum absolute atomic E-state index is 0.0416. The molecule has 0 bridgehead atoms. The molecule has 35 heavy (non-hydrogen) atoms. The Bertz CT molecular complexity index is 1210. The van der Waals surface area contributed by atoms with Gasteiger partial charge < -0.3 is 20.9 Å². The lowest BCUT2D eigenvalue weighted by atomic mass is 10.0. The van der Waals surface area contributed by atoms with E-state index in [-0.39, 0.29) is 23.7 Å². The number of ether oxygens (including phenoxy) is 1. The number of nitrogens with two attached hydrogens (primary N) is 1. The highest BCUT2D eigenvalue weighted by atomic mass is 32.2. The number of hydrogen-bond donors (Lipinski definition) is 3. The third-order valence-electron chi connectivity index (χ3n) is 5.70. The molecule has 2 aliphatic rings. The fraction of sp³-hybridized carbons (Fsp3) is 0.261. The van der Waals surface area contributed by atoms with Gasteiger partial charge in [0.15, 0.2) is 0 Å². The van der Waals surface area contributed by atoms with Crippen LogP contribution in [0.1, 0.15) is 24.1 Å². The molecule has 1 saturated heterocycles. The summed E-state index contributed by atoms with van der Waals surface area (Å²) in [5, 5.41) is 22.3. The summed E-state index contributed by atoms with van der Waals surface area (Å²) in [6, 6.07) is 9.61. The lowest BCUT2D eigenvalue weighted by Crippen LogP contribution is -2.71. The first kappa shape index (κ1) is 24.2. The second kappa shape index (κ2) is 9.76. The van der Waals surface area contributed by atoms with Crippen molar-refractivity contribution in [2.24, 2.45) is 5.73 Å². The number of amides is 2. The normalized spacial score (nSPS) is 19.9. The molecule has 2 aliphatic heterocycles. The molecule has 0 aromatic heterocycles. The first-order valence-corrected chi connectivity index (χ1v) is 11.6. The van der Waals surface area contributed by atoms with E-state index in [0.29, 0.717) is 22.5 Å². The predicted molar refractivity (Wildman–Crippen MR) is 126 cm³/mol. The number of nitro benzene ring substituents is 1.